The summed E-state index contributed by atoms with van der Waals surface area (Å²) in [6, 6.07) is 15.6. The molecule has 0 aliphatic rings. The van der Waals surface area contributed by atoms with Gasteiger partial charge in [0.25, 0.3) is 5.91 Å². The summed E-state index contributed by atoms with van der Waals surface area (Å²) in [4.78, 5) is 24.1. The van der Waals surface area contributed by atoms with Gasteiger partial charge in [-0.15, -0.1) is 0 Å². The topological polar surface area (TPSA) is 111 Å². The number of benzene rings is 2. The normalized spacial score (nSPS) is 10.9. The van der Waals surface area contributed by atoms with Crippen LogP contribution in [0.3, 0.4) is 0 Å². The number of hydrogen-bond acceptors (Lipinski definition) is 7. The highest BCUT2D eigenvalue weighted by Crippen LogP contribution is 2.30. The second-order valence-electron chi connectivity index (χ2n) is 7.38. The lowest BCUT2D eigenvalue weighted by Crippen LogP contribution is -2.13. The minimum atomic E-state index is -0.574. The van der Waals surface area contributed by atoms with E-state index >= 15 is 0 Å². The van der Waals surface area contributed by atoms with E-state index in [2.05, 4.69) is 10.1 Å². The van der Waals surface area contributed by atoms with Gasteiger partial charge in [0.05, 0.1) is 14.2 Å². The highest BCUT2D eigenvalue weighted by molar-refractivity contribution is 6.09. The lowest BCUT2D eigenvalue weighted by atomic mass is 10.1. The number of furan rings is 1. The predicted molar refractivity (Wildman–Crippen MR) is 126 cm³/mol. The first-order valence-corrected chi connectivity index (χ1v) is 10.3. The number of carbonyl (C=O) groups excluding carboxylic acids is 2. The first-order valence-electron chi connectivity index (χ1n) is 10.3. The maximum atomic E-state index is 12.6. The number of nitrogens with one attached hydrogen (secondary N) is 1. The van der Waals surface area contributed by atoms with E-state index in [9.17, 15) is 14.9 Å². The first-order chi connectivity index (χ1) is 16.3. The van der Waals surface area contributed by atoms with Crippen LogP contribution < -0.4 is 14.8 Å². The third-order valence-electron chi connectivity index (χ3n) is 5.05. The van der Waals surface area contributed by atoms with Crippen molar-refractivity contribution in [2.45, 2.75) is 20.5 Å². The number of ether oxygens (including phenoxy) is 3. The van der Waals surface area contributed by atoms with E-state index in [4.69, 9.17) is 13.9 Å². The van der Waals surface area contributed by atoms with Gasteiger partial charge in [0.2, 0.25) is 5.76 Å². The minimum absolute atomic E-state index is 0.0557. The molecular formula is C26H24N2O6. The van der Waals surface area contributed by atoms with Crippen molar-refractivity contribution in [3.63, 3.8) is 0 Å². The number of methoxy groups -OCH3 is 2. The summed E-state index contributed by atoms with van der Waals surface area (Å²) in [6.07, 6.45) is 1.47. The maximum Gasteiger partial charge on any atom is 0.373 e. The van der Waals surface area contributed by atoms with Crippen LogP contribution >= 0.6 is 0 Å². The van der Waals surface area contributed by atoms with E-state index in [-0.39, 0.29) is 17.9 Å². The molecule has 3 rings (SSSR count). The molecule has 34 heavy (non-hydrogen) atoms. The van der Waals surface area contributed by atoms with Crippen molar-refractivity contribution in [1.29, 1.82) is 5.26 Å². The standard InChI is InChI=1S/C26H24N2O6/c1-16-5-7-20(11-17(16)2)28-25(29)19(14-27)12-18-6-9-22(24(13-18)31-3)33-15-21-8-10-23(34-21)26(30)32-4/h5-13H,15H2,1-4H3,(H,28,29)/b19-12+. The molecule has 0 saturated carbocycles. The molecule has 8 heteroatoms. The zero-order valence-electron chi connectivity index (χ0n) is 19.3. The third kappa shape index (κ3) is 5.84. The van der Waals surface area contributed by atoms with Gasteiger partial charge in [0, 0.05) is 5.69 Å². The van der Waals surface area contributed by atoms with Crippen LogP contribution in [0.2, 0.25) is 0 Å². The molecule has 1 heterocycles. The van der Waals surface area contributed by atoms with Gasteiger partial charge in [0.15, 0.2) is 11.5 Å². The second-order valence-corrected chi connectivity index (χ2v) is 7.38. The molecule has 2 aromatic carbocycles. The van der Waals surface area contributed by atoms with E-state index in [0.717, 1.165) is 11.1 Å². The highest BCUT2D eigenvalue weighted by Gasteiger charge is 2.14. The Balaban J connectivity index is 1.73. The monoisotopic (exact) mass is 460 g/mol. The van der Waals surface area contributed by atoms with Crippen LogP contribution in [-0.2, 0) is 16.1 Å². The molecule has 0 fully saturated rings. The number of carbonyl (C=O) groups is 2. The Kier molecular flexibility index (Phi) is 7.72. The van der Waals surface area contributed by atoms with Gasteiger partial charge in [0.1, 0.15) is 24.0 Å². The Labute approximate surface area is 197 Å². The van der Waals surface area contributed by atoms with Crippen molar-refractivity contribution in [1.82, 2.24) is 0 Å². The molecule has 0 spiro atoms. The second kappa shape index (κ2) is 10.9. The number of nitriles is 1. The smallest absolute Gasteiger partial charge is 0.373 e. The Morgan fingerprint density at radius 2 is 1.82 bits per heavy atom. The third-order valence-corrected chi connectivity index (χ3v) is 5.05. The summed E-state index contributed by atoms with van der Waals surface area (Å²) >= 11 is 0. The summed E-state index contributed by atoms with van der Waals surface area (Å²) in [6.45, 7) is 3.99. The number of rotatable bonds is 8. The molecule has 0 aliphatic heterocycles. The SMILES string of the molecule is COC(=O)c1ccc(COc2ccc(/C=C(\C#N)C(=O)Nc3ccc(C)c(C)c3)cc2OC)o1. The Bertz CT molecular complexity index is 1280. The van der Waals surface area contributed by atoms with Crippen molar-refractivity contribution in [3.8, 4) is 17.6 Å². The quantitative estimate of drug-likeness (QED) is 0.292. The van der Waals surface area contributed by atoms with E-state index in [1.807, 2.05) is 32.0 Å². The van der Waals surface area contributed by atoms with Crippen molar-refractivity contribution >= 4 is 23.6 Å². The first kappa shape index (κ1) is 24.1. The summed E-state index contributed by atoms with van der Waals surface area (Å²) in [5.41, 5.74) is 3.29. The van der Waals surface area contributed by atoms with Gasteiger partial charge >= 0.3 is 5.97 Å². The molecule has 0 unspecified atom stereocenters. The lowest BCUT2D eigenvalue weighted by molar-refractivity contribution is -0.112. The molecule has 0 aliphatic carbocycles. The Hall–Kier alpha value is -4.51. The highest BCUT2D eigenvalue weighted by atomic mass is 16.5. The predicted octanol–water partition coefficient (Wildman–Crippen LogP) is 4.82. The molecule has 1 amide bonds. The Morgan fingerprint density at radius 1 is 1.03 bits per heavy atom. The average Bonchev–Trinajstić information content (AvgIpc) is 3.32. The van der Waals surface area contributed by atoms with Gasteiger partial charge in [-0.05, 0) is 73.0 Å². The maximum absolute atomic E-state index is 12.6. The molecule has 0 radical (unpaired) electrons. The van der Waals surface area contributed by atoms with E-state index < -0.39 is 11.9 Å². The zero-order chi connectivity index (χ0) is 24.7. The van der Waals surface area contributed by atoms with Crippen molar-refractivity contribution in [3.05, 3.63) is 82.3 Å². The summed E-state index contributed by atoms with van der Waals surface area (Å²) < 4.78 is 21.1. The molecule has 0 bridgehead atoms. The van der Waals surface area contributed by atoms with Crippen LogP contribution in [0.5, 0.6) is 11.5 Å². The minimum Gasteiger partial charge on any atom is -0.493 e. The molecule has 1 aromatic heterocycles. The molecule has 0 saturated heterocycles. The molecule has 3 aromatic rings. The number of aryl methyl sites for hydroxylation is 2. The molecule has 8 nitrogen and oxygen atoms in total. The fourth-order valence-electron chi connectivity index (χ4n) is 3.04. The number of esters is 1. The molecular weight excluding hydrogens is 436 g/mol. The summed E-state index contributed by atoms with van der Waals surface area (Å²) in [7, 11) is 2.75. The number of hydrogen-bond donors (Lipinski definition) is 1. The van der Waals surface area contributed by atoms with Crippen LogP contribution in [0.1, 0.15) is 33.0 Å². The van der Waals surface area contributed by atoms with E-state index in [1.54, 1.807) is 30.3 Å². The largest absolute Gasteiger partial charge is 0.493 e. The number of nitrogens with zero attached hydrogens (tertiary/aromatic N) is 1. The van der Waals surface area contributed by atoms with Crippen molar-refractivity contribution in [2.24, 2.45) is 0 Å². The van der Waals surface area contributed by atoms with Crippen LogP contribution in [0.4, 0.5) is 5.69 Å². The average molecular weight is 460 g/mol. The number of anilines is 1. The Morgan fingerprint density at radius 3 is 2.50 bits per heavy atom. The molecule has 1 N–H and O–H groups in total. The summed E-state index contributed by atoms with van der Waals surface area (Å²) in [5.74, 6) is 0.256. The van der Waals surface area contributed by atoms with Crippen LogP contribution in [-0.4, -0.2) is 26.1 Å². The van der Waals surface area contributed by atoms with Crippen molar-refractivity contribution < 1.29 is 28.2 Å². The number of amides is 1. The van der Waals surface area contributed by atoms with Crippen molar-refractivity contribution in [2.75, 3.05) is 19.5 Å². The fraction of sp³-hybridized carbons (Fsp3) is 0.192. The van der Waals surface area contributed by atoms with Crippen LogP contribution in [0.25, 0.3) is 6.08 Å². The van der Waals surface area contributed by atoms with Gasteiger partial charge in [-0.2, -0.15) is 5.26 Å². The van der Waals surface area contributed by atoms with E-state index in [0.29, 0.717) is 28.5 Å². The van der Waals surface area contributed by atoms with Gasteiger partial charge in [-0.25, -0.2) is 4.79 Å². The molecule has 174 valence electrons. The lowest BCUT2D eigenvalue weighted by Gasteiger charge is -2.11. The van der Waals surface area contributed by atoms with Gasteiger partial charge < -0.3 is 23.9 Å². The zero-order valence-corrected chi connectivity index (χ0v) is 19.3. The van der Waals surface area contributed by atoms with E-state index in [1.165, 1.54) is 26.4 Å². The van der Waals surface area contributed by atoms with Crippen LogP contribution in [0.15, 0.2) is 58.5 Å². The van der Waals surface area contributed by atoms with Crippen LogP contribution in [0, 0.1) is 25.2 Å². The van der Waals surface area contributed by atoms with Gasteiger partial charge in [-0.3, -0.25) is 4.79 Å². The fourth-order valence-corrected chi connectivity index (χ4v) is 3.04. The summed E-state index contributed by atoms with van der Waals surface area (Å²) in [5, 5.41) is 12.3. The van der Waals surface area contributed by atoms with Gasteiger partial charge in [-0.1, -0.05) is 12.1 Å². The molecule has 0 atom stereocenters.